The average Bonchev–Trinajstić information content (AvgIpc) is 3.54. The quantitative estimate of drug-likeness (QED) is 0.390. The van der Waals surface area contributed by atoms with Crippen molar-refractivity contribution in [2.45, 2.75) is 135 Å². The summed E-state index contributed by atoms with van der Waals surface area (Å²) in [5, 5.41) is 0. The molecule has 0 saturated heterocycles. The molecular formula is C32H48. The summed E-state index contributed by atoms with van der Waals surface area (Å²) in [4.78, 5) is 0. The maximum Gasteiger partial charge on any atom is 0.000830 e. The molecule has 0 nitrogen and oxygen atoms in total. The average molecular weight is 433 g/mol. The second-order valence-electron chi connectivity index (χ2n) is 14.9. The molecule has 8 saturated carbocycles. The van der Waals surface area contributed by atoms with Gasteiger partial charge in [-0.25, -0.2) is 0 Å². The van der Waals surface area contributed by atoms with Gasteiger partial charge in [-0.3, -0.25) is 0 Å². The van der Waals surface area contributed by atoms with Crippen molar-refractivity contribution < 1.29 is 0 Å². The number of hydrogen-bond acceptors (Lipinski definition) is 0. The van der Waals surface area contributed by atoms with Crippen molar-refractivity contribution in [3.8, 4) is 0 Å². The summed E-state index contributed by atoms with van der Waals surface area (Å²) in [6, 6.07) is 0. The lowest BCUT2D eigenvalue weighted by Gasteiger charge is -2.78. The van der Waals surface area contributed by atoms with Crippen LogP contribution in [0.2, 0.25) is 0 Å². The zero-order valence-electron chi connectivity index (χ0n) is 20.8. The van der Waals surface area contributed by atoms with Crippen LogP contribution in [0.5, 0.6) is 0 Å². The van der Waals surface area contributed by atoms with Crippen LogP contribution in [0.3, 0.4) is 0 Å². The number of allylic oxidation sites excluding steroid dienone is 2. The molecule has 10 aliphatic rings. The van der Waals surface area contributed by atoms with E-state index in [1.54, 1.807) is 135 Å². The number of fused-ring (bicyclic) bond motifs is 9. The molecule has 0 aromatic heterocycles. The highest BCUT2D eigenvalue weighted by atomic mass is 14.8. The Hall–Kier alpha value is -0.260. The summed E-state index contributed by atoms with van der Waals surface area (Å²) in [6.45, 7) is 0. The highest BCUT2D eigenvalue weighted by Gasteiger charge is 2.78. The van der Waals surface area contributed by atoms with Crippen molar-refractivity contribution >= 4 is 0 Å². The van der Waals surface area contributed by atoms with Gasteiger partial charge < -0.3 is 0 Å². The van der Waals surface area contributed by atoms with Gasteiger partial charge in [0.15, 0.2) is 0 Å². The molecule has 5 atom stereocenters. The molecule has 0 radical (unpaired) electrons. The van der Waals surface area contributed by atoms with Crippen molar-refractivity contribution in [2.75, 3.05) is 0 Å². The van der Waals surface area contributed by atoms with E-state index in [9.17, 15) is 0 Å². The summed E-state index contributed by atoms with van der Waals surface area (Å²) in [5.74, 6) is 4.21. The normalized spacial score (nSPS) is 60.2. The predicted octanol–water partition coefficient (Wildman–Crippen LogP) is 9.24. The van der Waals surface area contributed by atoms with Crippen molar-refractivity contribution in [1.29, 1.82) is 0 Å². The van der Waals surface area contributed by atoms with Gasteiger partial charge in [0.1, 0.15) is 0 Å². The molecule has 0 aliphatic heterocycles. The van der Waals surface area contributed by atoms with Gasteiger partial charge in [-0.15, -0.1) is 0 Å². The fraction of sp³-hybridized carbons (Fsp3) is 0.938. The van der Waals surface area contributed by atoms with Gasteiger partial charge in [0, 0.05) is 5.41 Å². The standard InChI is InChI=1S/C32H48/c1-4-25-10-19-29(13-1,22-25)32(28-16-7-24(8-17-28)9-18-28)23-26-11-20-31(32,21-12-26)30-14-2-5-27(30)6-3-15-30/h11,20,24-27H,1-10,12-19,21-23H2. The Kier molecular flexibility index (Phi) is 4.05. The maximum absolute atomic E-state index is 3.06. The zero-order valence-corrected chi connectivity index (χ0v) is 20.8. The molecule has 10 rings (SSSR count). The molecule has 0 amide bonds. The number of rotatable bonds is 3. The molecule has 32 heavy (non-hydrogen) atoms. The fourth-order valence-electron chi connectivity index (χ4n) is 14.1. The van der Waals surface area contributed by atoms with Crippen LogP contribution in [0.25, 0.3) is 0 Å². The first-order valence-electron chi connectivity index (χ1n) is 15.4. The molecule has 0 heteroatoms. The topological polar surface area (TPSA) is 0 Å². The van der Waals surface area contributed by atoms with Crippen LogP contribution >= 0.6 is 0 Å². The van der Waals surface area contributed by atoms with Gasteiger partial charge in [-0.05, 0) is 154 Å². The Morgan fingerprint density at radius 2 is 1.22 bits per heavy atom. The van der Waals surface area contributed by atoms with E-state index in [1.807, 2.05) is 0 Å². The van der Waals surface area contributed by atoms with Crippen molar-refractivity contribution in [3.63, 3.8) is 0 Å². The summed E-state index contributed by atoms with van der Waals surface area (Å²) < 4.78 is 0. The summed E-state index contributed by atoms with van der Waals surface area (Å²) in [7, 11) is 0. The maximum atomic E-state index is 3.06. The van der Waals surface area contributed by atoms with Gasteiger partial charge in [0.05, 0.1) is 0 Å². The molecule has 0 aromatic rings. The first-order chi connectivity index (χ1) is 15.7. The van der Waals surface area contributed by atoms with E-state index in [4.69, 9.17) is 0 Å². The minimum Gasteiger partial charge on any atom is -0.0848 e. The Morgan fingerprint density at radius 3 is 1.94 bits per heavy atom. The minimum absolute atomic E-state index is 0.572. The lowest BCUT2D eigenvalue weighted by atomic mass is 9.26. The lowest BCUT2D eigenvalue weighted by Crippen LogP contribution is -2.71. The molecule has 5 unspecified atom stereocenters. The molecular weight excluding hydrogens is 384 g/mol. The van der Waals surface area contributed by atoms with Crippen molar-refractivity contribution in [3.05, 3.63) is 12.2 Å². The molecule has 0 heterocycles. The molecule has 0 N–H and O–H groups in total. The first-order valence-corrected chi connectivity index (χ1v) is 15.4. The van der Waals surface area contributed by atoms with Crippen LogP contribution < -0.4 is 0 Å². The molecule has 0 spiro atoms. The van der Waals surface area contributed by atoms with Crippen molar-refractivity contribution in [2.24, 2.45) is 50.7 Å². The largest absolute Gasteiger partial charge is 0.0848 e. The smallest absolute Gasteiger partial charge is 0.000830 e. The van der Waals surface area contributed by atoms with Gasteiger partial charge in [-0.2, -0.15) is 0 Å². The molecule has 10 aliphatic carbocycles. The van der Waals surface area contributed by atoms with E-state index in [0.29, 0.717) is 27.1 Å². The van der Waals surface area contributed by atoms with E-state index >= 15 is 0 Å². The first kappa shape index (κ1) is 20.0. The third-order valence-corrected chi connectivity index (χ3v) is 14.8. The summed E-state index contributed by atoms with van der Waals surface area (Å²) in [6.07, 6.45) is 39.5. The monoisotopic (exact) mass is 432 g/mol. The Bertz CT molecular complexity index is 769. The minimum atomic E-state index is 0.572. The van der Waals surface area contributed by atoms with E-state index < -0.39 is 0 Å². The number of hydrogen-bond donors (Lipinski definition) is 0. The lowest BCUT2D eigenvalue weighted by molar-refractivity contribution is -0.273. The van der Waals surface area contributed by atoms with E-state index in [1.165, 1.54) is 0 Å². The van der Waals surface area contributed by atoms with Crippen molar-refractivity contribution in [1.82, 2.24) is 0 Å². The summed E-state index contributed by atoms with van der Waals surface area (Å²) >= 11 is 0. The van der Waals surface area contributed by atoms with E-state index in [-0.39, 0.29) is 0 Å². The van der Waals surface area contributed by atoms with Crippen LogP contribution in [0, 0.1) is 50.7 Å². The van der Waals surface area contributed by atoms with E-state index in [0.717, 1.165) is 23.7 Å². The van der Waals surface area contributed by atoms with Crippen LogP contribution in [-0.2, 0) is 0 Å². The van der Waals surface area contributed by atoms with Crippen LogP contribution in [0.4, 0.5) is 0 Å². The Balaban J connectivity index is 1.41. The molecule has 6 bridgehead atoms. The molecule has 176 valence electrons. The third kappa shape index (κ3) is 2.08. The summed E-state index contributed by atoms with van der Waals surface area (Å²) in [5.41, 5.74) is 3.36. The molecule has 8 fully saturated rings. The van der Waals surface area contributed by atoms with E-state index in [2.05, 4.69) is 12.2 Å². The Morgan fingerprint density at radius 1 is 0.531 bits per heavy atom. The fourth-order valence-corrected chi connectivity index (χ4v) is 14.1. The highest BCUT2D eigenvalue weighted by molar-refractivity contribution is 5.34. The van der Waals surface area contributed by atoms with Gasteiger partial charge in [-0.1, -0.05) is 37.8 Å². The molecule has 0 aromatic carbocycles. The third-order valence-electron chi connectivity index (χ3n) is 14.8. The highest BCUT2D eigenvalue weighted by Crippen LogP contribution is 2.86. The van der Waals surface area contributed by atoms with Gasteiger partial charge in [0.25, 0.3) is 0 Å². The SMILES string of the molecule is C1=CC2(C34CCCC3CCC4)CCC1CC2(C12CCC(CC1)CC2)C12CCCC(CC1)C2. The predicted molar refractivity (Wildman–Crippen MR) is 132 cm³/mol. The van der Waals surface area contributed by atoms with Crippen LogP contribution in [-0.4, -0.2) is 0 Å². The second-order valence-corrected chi connectivity index (χ2v) is 14.9. The second kappa shape index (κ2) is 6.49. The van der Waals surface area contributed by atoms with Crippen LogP contribution in [0.1, 0.15) is 135 Å². The van der Waals surface area contributed by atoms with Crippen LogP contribution in [0.15, 0.2) is 12.2 Å². The van der Waals surface area contributed by atoms with Gasteiger partial charge >= 0.3 is 0 Å². The Labute approximate surface area is 197 Å². The zero-order chi connectivity index (χ0) is 21.1. The van der Waals surface area contributed by atoms with Gasteiger partial charge in [0.2, 0.25) is 0 Å².